The van der Waals surface area contributed by atoms with Crippen LogP contribution in [0.3, 0.4) is 0 Å². The van der Waals surface area contributed by atoms with Crippen molar-refractivity contribution < 1.29 is 18.0 Å². The number of urea groups is 1. The summed E-state index contributed by atoms with van der Waals surface area (Å²) in [4.78, 5) is 16.7. The number of thiazole rings is 1. The maximum atomic E-state index is 12.4. The second-order valence-corrected chi connectivity index (χ2v) is 5.51. The quantitative estimate of drug-likeness (QED) is 0.928. The number of anilines is 1. The zero-order valence-electron chi connectivity index (χ0n) is 10.5. The Kier molecular flexibility index (Phi) is 3.71. The highest BCUT2D eigenvalue weighted by Gasteiger charge is 2.35. The number of halogens is 3. The van der Waals surface area contributed by atoms with Crippen LogP contribution >= 0.6 is 11.3 Å². The van der Waals surface area contributed by atoms with Crippen LogP contribution in [-0.2, 0) is 6.18 Å². The van der Waals surface area contributed by atoms with Gasteiger partial charge in [-0.05, 0) is 25.7 Å². The molecule has 1 heterocycles. The number of hydrogen-bond donors (Lipinski definition) is 1. The zero-order chi connectivity index (χ0) is 14.2. The molecule has 106 valence electrons. The lowest BCUT2D eigenvalue weighted by atomic mass is 10.2. The molecule has 1 aromatic rings. The molecule has 0 saturated heterocycles. The van der Waals surface area contributed by atoms with Crippen molar-refractivity contribution in [1.29, 1.82) is 0 Å². The zero-order valence-corrected chi connectivity index (χ0v) is 11.3. The van der Waals surface area contributed by atoms with Crippen LogP contribution in [-0.4, -0.2) is 29.0 Å². The van der Waals surface area contributed by atoms with Gasteiger partial charge in [0.1, 0.15) is 0 Å². The molecular weight excluding hydrogens is 279 g/mol. The van der Waals surface area contributed by atoms with Gasteiger partial charge in [0, 0.05) is 18.5 Å². The average molecular weight is 293 g/mol. The van der Waals surface area contributed by atoms with Crippen molar-refractivity contribution in [2.24, 2.45) is 5.92 Å². The molecular formula is C11H14F3N3OS. The lowest BCUT2D eigenvalue weighted by Crippen LogP contribution is -2.39. The van der Waals surface area contributed by atoms with E-state index in [2.05, 4.69) is 10.3 Å². The van der Waals surface area contributed by atoms with Crippen LogP contribution in [0.4, 0.5) is 23.1 Å². The van der Waals surface area contributed by atoms with Crippen LogP contribution in [0, 0.1) is 5.92 Å². The summed E-state index contributed by atoms with van der Waals surface area (Å²) in [5.74, 6) is 0.498. The molecule has 1 atom stereocenters. The van der Waals surface area contributed by atoms with Gasteiger partial charge in [-0.1, -0.05) is 0 Å². The first kappa shape index (κ1) is 14.1. The molecule has 1 saturated carbocycles. The molecule has 1 aliphatic rings. The van der Waals surface area contributed by atoms with E-state index in [9.17, 15) is 18.0 Å². The Morgan fingerprint density at radius 1 is 1.58 bits per heavy atom. The predicted octanol–water partition coefficient (Wildman–Crippen LogP) is 3.42. The first-order valence-electron chi connectivity index (χ1n) is 5.85. The van der Waals surface area contributed by atoms with E-state index in [1.165, 1.54) is 4.90 Å². The third kappa shape index (κ3) is 3.37. The minimum atomic E-state index is -4.48. The fourth-order valence-corrected chi connectivity index (χ4v) is 2.43. The average Bonchev–Trinajstić information content (AvgIpc) is 3.06. The molecule has 8 heteroatoms. The Labute approximate surface area is 112 Å². The number of nitrogens with one attached hydrogen (secondary N) is 1. The van der Waals surface area contributed by atoms with E-state index >= 15 is 0 Å². The summed E-state index contributed by atoms with van der Waals surface area (Å²) in [7, 11) is 1.64. The fourth-order valence-electron chi connectivity index (χ4n) is 1.72. The van der Waals surface area contributed by atoms with E-state index in [1.807, 2.05) is 6.92 Å². The maximum absolute atomic E-state index is 12.4. The molecule has 0 radical (unpaired) electrons. The largest absolute Gasteiger partial charge is 0.434 e. The molecule has 0 spiro atoms. The highest BCUT2D eigenvalue weighted by Crippen LogP contribution is 2.35. The number of hydrogen-bond acceptors (Lipinski definition) is 3. The fraction of sp³-hybridized carbons (Fsp3) is 0.636. The highest BCUT2D eigenvalue weighted by molar-refractivity contribution is 7.13. The number of carbonyl (C=O) groups excluding carboxylic acids is 1. The van der Waals surface area contributed by atoms with E-state index in [0.717, 1.165) is 29.6 Å². The molecule has 1 N–H and O–H groups in total. The van der Waals surface area contributed by atoms with E-state index in [0.29, 0.717) is 5.92 Å². The second kappa shape index (κ2) is 4.99. The van der Waals surface area contributed by atoms with Crippen LogP contribution in [0.5, 0.6) is 0 Å². The Bertz CT molecular complexity index is 470. The van der Waals surface area contributed by atoms with Gasteiger partial charge < -0.3 is 4.90 Å². The van der Waals surface area contributed by atoms with E-state index < -0.39 is 17.9 Å². The van der Waals surface area contributed by atoms with E-state index in [4.69, 9.17) is 0 Å². The van der Waals surface area contributed by atoms with Gasteiger partial charge in [-0.2, -0.15) is 13.2 Å². The molecule has 0 aliphatic heterocycles. The van der Waals surface area contributed by atoms with Gasteiger partial charge in [-0.3, -0.25) is 5.32 Å². The van der Waals surface area contributed by atoms with Crippen molar-refractivity contribution in [3.8, 4) is 0 Å². The minimum absolute atomic E-state index is 0.0350. The smallest absolute Gasteiger partial charge is 0.325 e. The van der Waals surface area contributed by atoms with Crippen LogP contribution in [0.2, 0.25) is 0 Å². The topological polar surface area (TPSA) is 45.2 Å². The van der Waals surface area contributed by atoms with Crippen LogP contribution in [0.1, 0.15) is 25.5 Å². The minimum Gasteiger partial charge on any atom is -0.325 e. The molecule has 1 aliphatic carbocycles. The summed E-state index contributed by atoms with van der Waals surface area (Å²) in [6.45, 7) is 1.93. The Morgan fingerprint density at radius 2 is 2.21 bits per heavy atom. The van der Waals surface area contributed by atoms with Gasteiger partial charge in [0.2, 0.25) is 0 Å². The molecule has 19 heavy (non-hydrogen) atoms. The Morgan fingerprint density at radius 3 is 2.68 bits per heavy atom. The third-order valence-electron chi connectivity index (χ3n) is 3.24. The first-order chi connectivity index (χ1) is 8.79. The van der Waals surface area contributed by atoms with Crippen molar-refractivity contribution in [3.63, 3.8) is 0 Å². The summed E-state index contributed by atoms with van der Waals surface area (Å²) in [5, 5.41) is 3.25. The van der Waals surface area contributed by atoms with Crippen LogP contribution in [0.25, 0.3) is 0 Å². The number of carbonyl (C=O) groups is 1. The summed E-state index contributed by atoms with van der Waals surface area (Å²) in [6, 6.07) is -0.343. The van der Waals surface area contributed by atoms with E-state index in [1.54, 1.807) is 7.05 Å². The van der Waals surface area contributed by atoms with Crippen molar-refractivity contribution in [2.45, 2.75) is 32.0 Å². The van der Waals surface area contributed by atoms with Crippen molar-refractivity contribution in [2.75, 3.05) is 12.4 Å². The normalized spacial score (nSPS) is 17.1. The molecule has 1 unspecified atom stereocenters. The standard InChI is InChI=1S/C11H14F3N3OS/c1-6(7-3-4-7)17(2)10(18)16-9-15-8(5-19-9)11(12,13)14/h5-7H,3-4H2,1-2H3,(H,15,16,18). The van der Waals surface area contributed by atoms with Gasteiger partial charge >= 0.3 is 12.2 Å². The lowest BCUT2D eigenvalue weighted by molar-refractivity contribution is -0.140. The van der Waals surface area contributed by atoms with Crippen molar-refractivity contribution in [3.05, 3.63) is 11.1 Å². The van der Waals surface area contributed by atoms with Crippen LogP contribution < -0.4 is 5.32 Å². The first-order valence-corrected chi connectivity index (χ1v) is 6.73. The number of aromatic nitrogens is 1. The molecule has 0 aromatic carbocycles. The monoisotopic (exact) mass is 293 g/mol. The Hall–Kier alpha value is -1.31. The molecule has 1 fully saturated rings. The summed E-state index contributed by atoms with van der Waals surface area (Å²) < 4.78 is 37.1. The van der Waals surface area contributed by atoms with Gasteiger partial charge in [0.05, 0.1) is 0 Å². The molecule has 2 amide bonds. The number of amides is 2. The Balaban J connectivity index is 1.96. The highest BCUT2D eigenvalue weighted by atomic mass is 32.1. The van der Waals surface area contributed by atoms with Crippen LogP contribution in [0.15, 0.2) is 5.38 Å². The van der Waals surface area contributed by atoms with E-state index in [-0.39, 0.29) is 11.2 Å². The third-order valence-corrected chi connectivity index (χ3v) is 4.00. The van der Waals surface area contributed by atoms with Gasteiger partial charge in [-0.25, -0.2) is 9.78 Å². The van der Waals surface area contributed by atoms with Crippen molar-refractivity contribution >= 4 is 22.5 Å². The lowest BCUT2D eigenvalue weighted by Gasteiger charge is -2.24. The SMILES string of the molecule is CC(C1CC1)N(C)C(=O)Nc1nc(C(F)(F)F)cs1. The second-order valence-electron chi connectivity index (χ2n) is 4.65. The summed E-state index contributed by atoms with van der Waals surface area (Å²) in [6.07, 6.45) is -2.30. The van der Waals surface area contributed by atoms with Gasteiger partial charge in [0.15, 0.2) is 10.8 Å². The van der Waals surface area contributed by atoms with Gasteiger partial charge in [-0.15, -0.1) is 11.3 Å². The predicted molar refractivity (Wildman–Crippen MR) is 66.1 cm³/mol. The number of rotatable bonds is 3. The summed E-state index contributed by atoms with van der Waals surface area (Å²) in [5.41, 5.74) is -0.981. The molecule has 0 bridgehead atoms. The number of alkyl halides is 3. The van der Waals surface area contributed by atoms with Crippen molar-refractivity contribution in [1.82, 2.24) is 9.88 Å². The maximum Gasteiger partial charge on any atom is 0.434 e. The number of nitrogens with zero attached hydrogens (tertiary/aromatic N) is 2. The molecule has 4 nitrogen and oxygen atoms in total. The molecule has 1 aromatic heterocycles. The summed E-state index contributed by atoms with van der Waals surface area (Å²) >= 11 is 0.768. The molecule has 2 rings (SSSR count). The van der Waals surface area contributed by atoms with Gasteiger partial charge in [0.25, 0.3) is 0 Å².